The van der Waals surface area contributed by atoms with Crippen LogP contribution in [-0.4, -0.2) is 49.5 Å². The average Bonchev–Trinajstić information content (AvgIpc) is 3.11. The first-order valence-corrected chi connectivity index (χ1v) is 14.9. The standard InChI is InChI=1S/C37H37N3O6/c1-43-31-18-14-29(15-19-31)37(28-12-8-5-9-13-28,30-16-20-32(44-2)21-17-30)46-26-33(45-3)22-24-40-25-23-34(39-36(40)42)38-35(41)27-10-6-4-7-11-27/h4-21,23,25,33H,22,24,26H2,1-3H3,(H,38,39,41,42). The van der Waals surface area contributed by atoms with Crippen LogP contribution in [0.15, 0.2) is 126 Å². The summed E-state index contributed by atoms with van der Waals surface area (Å²) in [5.74, 6) is 1.32. The van der Waals surface area contributed by atoms with Crippen LogP contribution < -0.4 is 20.5 Å². The molecule has 46 heavy (non-hydrogen) atoms. The number of methoxy groups -OCH3 is 3. The van der Waals surface area contributed by atoms with Gasteiger partial charge in [0.2, 0.25) is 0 Å². The molecule has 0 aliphatic rings. The molecule has 0 bridgehead atoms. The van der Waals surface area contributed by atoms with E-state index in [4.69, 9.17) is 18.9 Å². The van der Waals surface area contributed by atoms with Crippen LogP contribution in [0.1, 0.15) is 33.5 Å². The van der Waals surface area contributed by atoms with Gasteiger partial charge in [0.15, 0.2) is 0 Å². The number of nitrogens with one attached hydrogen (secondary N) is 1. The molecule has 9 heteroatoms. The zero-order valence-electron chi connectivity index (χ0n) is 26.1. The number of amides is 1. The molecule has 9 nitrogen and oxygen atoms in total. The second-order valence-corrected chi connectivity index (χ2v) is 10.6. The Labute approximate surface area is 268 Å². The minimum absolute atomic E-state index is 0.188. The first kappa shape index (κ1) is 32.2. The summed E-state index contributed by atoms with van der Waals surface area (Å²) in [5.41, 5.74) is 1.77. The van der Waals surface area contributed by atoms with Crippen molar-refractivity contribution in [1.82, 2.24) is 9.55 Å². The maximum Gasteiger partial charge on any atom is 0.349 e. The topological polar surface area (TPSA) is 101 Å². The van der Waals surface area contributed by atoms with Gasteiger partial charge in [-0.25, -0.2) is 4.79 Å². The van der Waals surface area contributed by atoms with Crippen LogP contribution in [0.5, 0.6) is 11.5 Å². The van der Waals surface area contributed by atoms with Gasteiger partial charge in [-0.15, -0.1) is 0 Å². The van der Waals surface area contributed by atoms with Gasteiger partial charge in [0.25, 0.3) is 5.91 Å². The molecule has 0 fully saturated rings. The Hall–Kier alpha value is -5.25. The van der Waals surface area contributed by atoms with E-state index in [9.17, 15) is 9.59 Å². The van der Waals surface area contributed by atoms with Crippen LogP contribution >= 0.6 is 0 Å². The number of aromatic nitrogens is 2. The molecule has 1 heterocycles. The highest BCUT2D eigenvalue weighted by molar-refractivity contribution is 6.03. The fraction of sp³-hybridized carbons (Fsp3) is 0.216. The maximum atomic E-state index is 12.8. The summed E-state index contributed by atoms with van der Waals surface area (Å²) in [7, 11) is 4.90. The van der Waals surface area contributed by atoms with Crippen LogP contribution in [-0.2, 0) is 21.6 Å². The van der Waals surface area contributed by atoms with Gasteiger partial charge >= 0.3 is 5.69 Å². The predicted molar refractivity (Wildman–Crippen MR) is 177 cm³/mol. The third kappa shape index (κ3) is 7.34. The average molecular weight is 620 g/mol. The van der Waals surface area contributed by atoms with E-state index in [1.165, 1.54) is 4.57 Å². The van der Waals surface area contributed by atoms with E-state index in [1.54, 1.807) is 57.9 Å². The maximum absolute atomic E-state index is 12.8. The van der Waals surface area contributed by atoms with Crippen LogP contribution in [0.3, 0.4) is 0 Å². The molecule has 1 N–H and O–H groups in total. The zero-order valence-corrected chi connectivity index (χ0v) is 26.1. The van der Waals surface area contributed by atoms with Crippen molar-refractivity contribution in [3.8, 4) is 11.5 Å². The molecule has 0 saturated heterocycles. The summed E-state index contributed by atoms with van der Waals surface area (Å²) < 4.78 is 25.2. The van der Waals surface area contributed by atoms with Gasteiger partial charge < -0.3 is 24.3 Å². The third-order valence-corrected chi connectivity index (χ3v) is 7.84. The lowest BCUT2D eigenvalue weighted by atomic mass is 9.80. The summed E-state index contributed by atoms with van der Waals surface area (Å²) in [4.78, 5) is 29.4. The summed E-state index contributed by atoms with van der Waals surface area (Å²) in [6, 6.07) is 36.1. The van der Waals surface area contributed by atoms with E-state index < -0.39 is 11.3 Å². The van der Waals surface area contributed by atoms with Crippen molar-refractivity contribution in [2.24, 2.45) is 0 Å². The van der Waals surface area contributed by atoms with Crippen molar-refractivity contribution in [3.05, 3.63) is 154 Å². The molecule has 4 aromatic carbocycles. The number of carbonyl (C=O) groups excluding carboxylic acids is 1. The van der Waals surface area contributed by atoms with Crippen molar-refractivity contribution >= 4 is 11.7 Å². The van der Waals surface area contributed by atoms with Crippen molar-refractivity contribution in [3.63, 3.8) is 0 Å². The smallest absolute Gasteiger partial charge is 0.349 e. The molecule has 0 radical (unpaired) electrons. The summed E-state index contributed by atoms with van der Waals surface area (Å²) in [6.45, 7) is 0.556. The molecule has 0 spiro atoms. The van der Waals surface area contributed by atoms with E-state index in [1.807, 2.05) is 84.9 Å². The molecule has 1 amide bonds. The van der Waals surface area contributed by atoms with Gasteiger partial charge in [0, 0.05) is 25.4 Å². The molecule has 236 valence electrons. The highest BCUT2D eigenvalue weighted by atomic mass is 16.5. The molecule has 1 unspecified atom stereocenters. The SMILES string of the molecule is COc1ccc(C(OCC(CCn2ccc(NC(=O)c3ccccc3)nc2=O)OC)(c2ccccc2)c2ccc(OC)cc2)cc1. The lowest BCUT2D eigenvalue weighted by Gasteiger charge is -2.37. The van der Waals surface area contributed by atoms with Crippen molar-refractivity contribution in [1.29, 1.82) is 0 Å². The van der Waals surface area contributed by atoms with Crippen molar-refractivity contribution in [2.75, 3.05) is 33.3 Å². The van der Waals surface area contributed by atoms with Gasteiger partial charge in [-0.1, -0.05) is 72.8 Å². The normalized spacial score (nSPS) is 11.9. The molecular weight excluding hydrogens is 582 g/mol. The van der Waals surface area contributed by atoms with Crippen LogP contribution in [0.25, 0.3) is 0 Å². The van der Waals surface area contributed by atoms with Gasteiger partial charge in [0.1, 0.15) is 22.9 Å². The van der Waals surface area contributed by atoms with E-state index in [0.717, 1.165) is 28.2 Å². The molecule has 0 aliphatic heterocycles. The zero-order chi connectivity index (χ0) is 32.4. The van der Waals surface area contributed by atoms with Crippen LogP contribution in [0, 0.1) is 0 Å². The number of benzene rings is 4. The Kier molecular flexibility index (Phi) is 10.6. The second-order valence-electron chi connectivity index (χ2n) is 10.6. The van der Waals surface area contributed by atoms with Crippen LogP contribution in [0.4, 0.5) is 5.82 Å². The number of hydrogen-bond acceptors (Lipinski definition) is 7. The molecule has 0 aliphatic carbocycles. The number of anilines is 1. The Bertz CT molecular complexity index is 1710. The minimum atomic E-state index is -0.992. The monoisotopic (exact) mass is 619 g/mol. The molecule has 5 rings (SSSR count). The molecule has 5 aromatic rings. The first-order chi connectivity index (χ1) is 22.5. The molecule has 1 aromatic heterocycles. The van der Waals surface area contributed by atoms with E-state index in [0.29, 0.717) is 18.5 Å². The minimum Gasteiger partial charge on any atom is -0.497 e. The summed E-state index contributed by atoms with van der Waals surface area (Å²) >= 11 is 0. The fourth-order valence-corrected chi connectivity index (χ4v) is 5.29. The van der Waals surface area contributed by atoms with E-state index in [2.05, 4.69) is 10.3 Å². The highest BCUT2D eigenvalue weighted by Gasteiger charge is 2.38. The van der Waals surface area contributed by atoms with Crippen molar-refractivity contribution < 1.29 is 23.7 Å². The Balaban J connectivity index is 1.37. The Morgan fingerprint density at radius 1 is 0.761 bits per heavy atom. The summed E-state index contributed by atoms with van der Waals surface area (Å²) in [5, 5.41) is 2.68. The van der Waals surface area contributed by atoms with Crippen LogP contribution in [0.2, 0.25) is 0 Å². The predicted octanol–water partition coefficient (Wildman–Crippen LogP) is 5.93. The highest BCUT2D eigenvalue weighted by Crippen LogP contribution is 2.42. The number of carbonyl (C=O) groups is 1. The van der Waals surface area contributed by atoms with Crippen molar-refractivity contribution in [2.45, 2.75) is 24.7 Å². The lowest BCUT2D eigenvalue weighted by molar-refractivity contribution is -0.0550. The lowest BCUT2D eigenvalue weighted by Crippen LogP contribution is -2.36. The second kappa shape index (κ2) is 15.2. The third-order valence-electron chi connectivity index (χ3n) is 7.84. The fourth-order valence-electron chi connectivity index (χ4n) is 5.29. The Morgan fingerprint density at radius 2 is 1.30 bits per heavy atom. The largest absolute Gasteiger partial charge is 0.497 e. The molecule has 1 atom stereocenters. The first-order valence-electron chi connectivity index (χ1n) is 14.9. The molecular formula is C37H37N3O6. The number of aryl methyl sites for hydroxylation is 1. The van der Waals surface area contributed by atoms with Gasteiger partial charge in [-0.2, -0.15) is 4.98 Å². The van der Waals surface area contributed by atoms with Gasteiger partial charge in [-0.3, -0.25) is 9.36 Å². The quantitative estimate of drug-likeness (QED) is 0.154. The number of hydrogen-bond donors (Lipinski definition) is 1. The number of rotatable bonds is 14. The Morgan fingerprint density at radius 3 is 1.83 bits per heavy atom. The number of nitrogens with zero attached hydrogens (tertiary/aromatic N) is 2. The van der Waals surface area contributed by atoms with Gasteiger partial charge in [0.05, 0.1) is 26.9 Å². The van der Waals surface area contributed by atoms with E-state index in [-0.39, 0.29) is 24.4 Å². The molecule has 0 saturated carbocycles. The van der Waals surface area contributed by atoms with E-state index >= 15 is 0 Å². The summed E-state index contributed by atoms with van der Waals surface area (Å²) in [6.07, 6.45) is 1.74. The number of ether oxygens (including phenoxy) is 4. The van der Waals surface area contributed by atoms with Gasteiger partial charge in [-0.05, 0) is 65.6 Å².